The van der Waals surface area contributed by atoms with Crippen molar-refractivity contribution < 1.29 is 9.59 Å². The van der Waals surface area contributed by atoms with Gasteiger partial charge in [0.1, 0.15) is 0 Å². The maximum absolute atomic E-state index is 12.8. The molecule has 1 aromatic carbocycles. The maximum atomic E-state index is 12.8. The van der Waals surface area contributed by atoms with Gasteiger partial charge < -0.3 is 19.6 Å². The van der Waals surface area contributed by atoms with Crippen molar-refractivity contribution in [2.75, 3.05) is 59.4 Å². The van der Waals surface area contributed by atoms with Crippen LogP contribution in [0.25, 0.3) is 5.69 Å². The average molecular weight is 382 g/mol. The lowest BCUT2D eigenvalue weighted by molar-refractivity contribution is 0.0619. The van der Waals surface area contributed by atoms with Gasteiger partial charge in [0.05, 0.1) is 17.4 Å². The largest absolute Gasteiger partial charge is 0.335 e. The number of benzene rings is 1. The second-order valence-corrected chi connectivity index (χ2v) is 7.36. The molecule has 8 nitrogen and oxygen atoms in total. The van der Waals surface area contributed by atoms with E-state index in [1.165, 1.54) is 0 Å². The van der Waals surface area contributed by atoms with E-state index in [1.807, 2.05) is 40.1 Å². The van der Waals surface area contributed by atoms with Gasteiger partial charge >= 0.3 is 6.03 Å². The fourth-order valence-corrected chi connectivity index (χ4v) is 3.64. The molecule has 2 aliphatic heterocycles. The molecule has 0 spiro atoms. The number of amides is 3. The summed E-state index contributed by atoms with van der Waals surface area (Å²) in [6.45, 7) is 5.61. The van der Waals surface area contributed by atoms with Gasteiger partial charge in [0.15, 0.2) is 0 Å². The Kier molecular flexibility index (Phi) is 5.29. The van der Waals surface area contributed by atoms with Gasteiger partial charge in [-0.15, -0.1) is 0 Å². The van der Waals surface area contributed by atoms with Gasteiger partial charge in [-0.25, -0.2) is 9.48 Å². The fraction of sp³-hybridized carbons (Fsp3) is 0.450. The zero-order valence-electron chi connectivity index (χ0n) is 16.2. The highest BCUT2D eigenvalue weighted by molar-refractivity contribution is 5.94. The minimum absolute atomic E-state index is 0.0334. The van der Waals surface area contributed by atoms with Crippen LogP contribution in [0.2, 0.25) is 0 Å². The van der Waals surface area contributed by atoms with Gasteiger partial charge in [-0.05, 0) is 19.2 Å². The molecule has 0 saturated carbocycles. The third-order valence-corrected chi connectivity index (χ3v) is 5.46. The highest BCUT2D eigenvalue weighted by Crippen LogP contribution is 2.13. The number of hydrogen-bond acceptors (Lipinski definition) is 4. The molecule has 2 aromatic rings. The zero-order valence-corrected chi connectivity index (χ0v) is 16.2. The topological polar surface area (TPSA) is 64.9 Å². The number of nitrogens with zero attached hydrogens (tertiary/aromatic N) is 6. The van der Waals surface area contributed by atoms with E-state index in [4.69, 9.17) is 0 Å². The van der Waals surface area contributed by atoms with Crippen LogP contribution in [0.3, 0.4) is 0 Å². The summed E-state index contributed by atoms with van der Waals surface area (Å²) in [5.74, 6) is -0.0334. The van der Waals surface area contributed by atoms with Gasteiger partial charge in [0.2, 0.25) is 0 Å². The minimum atomic E-state index is -0.0334. The molecule has 2 aliphatic rings. The molecular weight excluding hydrogens is 356 g/mol. The number of carbonyl (C=O) groups excluding carboxylic acids is 2. The van der Waals surface area contributed by atoms with E-state index in [0.29, 0.717) is 31.7 Å². The van der Waals surface area contributed by atoms with E-state index in [2.05, 4.69) is 17.0 Å². The third kappa shape index (κ3) is 3.87. The Morgan fingerprint density at radius 2 is 1.39 bits per heavy atom. The van der Waals surface area contributed by atoms with Crippen molar-refractivity contribution in [2.24, 2.45) is 0 Å². The van der Waals surface area contributed by atoms with Crippen LogP contribution in [0.5, 0.6) is 0 Å². The van der Waals surface area contributed by atoms with Crippen LogP contribution in [0.4, 0.5) is 4.79 Å². The summed E-state index contributed by atoms with van der Waals surface area (Å²) >= 11 is 0. The standard InChI is InChI=1S/C20H26N6O2/c1-22-7-9-24(10-8-22)20(28)25-13-11-23(12-14-25)19(27)17-15-21-26(16-17)18-5-3-2-4-6-18/h2-6,15-16H,7-14H2,1H3. The predicted molar refractivity (Wildman–Crippen MR) is 106 cm³/mol. The van der Waals surface area contributed by atoms with E-state index in [-0.39, 0.29) is 11.9 Å². The van der Waals surface area contributed by atoms with Crippen LogP contribution in [0, 0.1) is 0 Å². The van der Waals surface area contributed by atoms with Crippen molar-refractivity contribution in [3.63, 3.8) is 0 Å². The molecule has 3 heterocycles. The summed E-state index contributed by atoms with van der Waals surface area (Å²) in [7, 11) is 2.08. The maximum Gasteiger partial charge on any atom is 0.320 e. The zero-order chi connectivity index (χ0) is 19.5. The second-order valence-electron chi connectivity index (χ2n) is 7.36. The first-order valence-corrected chi connectivity index (χ1v) is 9.73. The van der Waals surface area contributed by atoms with E-state index in [9.17, 15) is 9.59 Å². The molecule has 0 bridgehead atoms. The summed E-state index contributed by atoms with van der Waals surface area (Å²) in [6.07, 6.45) is 3.37. The van der Waals surface area contributed by atoms with Crippen LogP contribution in [0.15, 0.2) is 42.7 Å². The molecule has 0 aliphatic carbocycles. The molecule has 0 N–H and O–H groups in total. The van der Waals surface area contributed by atoms with E-state index in [1.54, 1.807) is 22.0 Å². The highest BCUT2D eigenvalue weighted by Gasteiger charge is 2.29. The normalized spacial score (nSPS) is 18.4. The van der Waals surface area contributed by atoms with Crippen molar-refractivity contribution in [2.45, 2.75) is 0 Å². The van der Waals surface area contributed by atoms with Crippen molar-refractivity contribution in [3.05, 3.63) is 48.3 Å². The molecule has 8 heteroatoms. The van der Waals surface area contributed by atoms with Crippen molar-refractivity contribution in [3.8, 4) is 5.69 Å². The summed E-state index contributed by atoms with van der Waals surface area (Å²) in [5.41, 5.74) is 1.49. The Labute approximate surface area is 164 Å². The number of rotatable bonds is 2. The van der Waals surface area contributed by atoms with Crippen molar-refractivity contribution in [1.82, 2.24) is 29.4 Å². The molecule has 3 amide bonds. The van der Waals surface area contributed by atoms with Gasteiger partial charge in [0, 0.05) is 58.6 Å². The van der Waals surface area contributed by atoms with Crippen molar-refractivity contribution in [1.29, 1.82) is 0 Å². The van der Waals surface area contributed by atoms with E-state index < -0.39 is 0 Å². The number of carbonyl (C=O) groups is 2. The number of urea groups is 1. The first-order valence-electron chi connectivity index (χ1n) is 9.73. The SMILES string of the molecule is CN1CCN(C(=O)N2CCN(C(=O)c3cnn(-c4ccccc4)c3)CC2)CC1. The first kappa shape index (κ1) is 18.5. The number of aromatic nitrogens is 2. The Morgan fingerprint density at radius 3 is 2.04 bits per heavy atom. The lowest BCUT2D eigenvalue weighted by Gasteiger charge is -2.39. The summed E-state index contributed by atoms with van der Waals surface area (Å²) in [5, 5.41) is 4.31. The molecule has 0 atom stereocenters. The van der Waals surface area contributed by atoms with Gasteiger partial charge in [0.25, 0.3) is 5.91 Å². The Bertz CT molecular complexity index is 820. The smallest absolute Gasteiger partial charge is 0.320 e. The van der Waals surface area contributed by atoms with Crippen LogP contribution >= 0.6 is 0 Å². The van der Waals surface area contributed by atoms with Gasteiger partial charge in [-0.1, -0.05) is 18.2 Å². The minimum Gasteiger partial charge on any atom is -0.335 e. The van der Waals surface area contributed by atoms with Crippen molar-refractivity contribution >= 4 is 11.9 Å². The number of likely N-dealkylation sites (N-methyl/N-ethyl adjacent to an activating group) is 1. The van der Waals surface area contributed by atoms with Crippen LogP contribution < -0.4 is 0 Å². The first-order chi connectivity index (χ1) is 13.6. The lowest BCUT2D eigenvalue weighted by Crippen LogP contribution is -2.57. The van der Waals surface area contributed by atoms with Crippen LogP contribution in [-0.2, 0) is 0 Å². The Hall–Kier alpha value is -2.87. The van der Waals surface area contributed by atoms with Crippen LogP contribution in [0.1, 0.15) is 10.4 Å². The molecular formula is C20H26N6O2. The number of piperazine rings is 2. The summed E-state index contributed by atoms with van der Waals surface area (Å²) in [4.78, 5) is 33.3. The average Bonchev–Trinajstić information content (AvgIpc) is 3.24. The van der Waals surface area contributed by atoms with E-state index in [0.717, 1.165) is 31.9 Å². The third-order valence-electron chi connectivity index (χ3n) is 5.46. The Morgan fingerprint density at radius 1 is 0.821 bits per heavy atom. The molecule has 2 saturated heterocycles. The number of para-hydroxylation sites is 1. The van der Waals surface area contributed by atoms with Crippen LogP contribution in [-0.4, -0.2) is 101 Å². The molecule has 1 aromatic heterocycles. The summed E-state index contributed by atoms with van der Waals surface area (Å²) < 4.78 is 1.71. The lowest BCUT2D eigenvalue weighted by atomic mass is 10.2. The number of hydrogen-bond donors (Lipinski definition) is 0. The Balaban J connectivity index is 1.33. The summed E-state index contributed by atoms with van der Waals surface area (Å²) in [6, 6.07) is 9.82. The monoisotopic (exact) mass is 382 g/mol. The molecule has 148 valence electrons. The molecule has 0 radical (unpaired) electrons. The fourth-order valence-electron chi connectivity index (χ4n) is 3.64. The predicted octanol–water partition coefficient (Wildman–Crippen LogP) is 0.998. The molecule has 4 rings (SSSR count). The van der Waals surface area contributed by atoms with Gasteiger partial charge in [-0.3, -0.25) is 4.79 Å². The highest BCUT2D eigenvalue weighted by atomic mass is 16.2. The molecule has 0 unspecified atom stereocenters. The quantitative estimate of drug-likeness (QED) is 0.777. The van der Waals surface area contributed by atoms with Gasteiger partial charge in [-0.2, -0.15) is 5.10 Å². The molecule has 28 heavy (non-hydrogen) atoms. The molecule has 2 fully saturated rings. The second kappa shape index (κ2) is 8.02. The van der Waals surface area contributed by atoms with E-state index >= 15 is 0 Å².